The van der Waals surface area contributed by atoms with Crippen LogP contribution in [0.2, 0.25) is 0 Å². The van der Waals surface area contributed by atoms with Gasteiger partial charge in [-0.2, -0.15) is 0 Å². The summed E-state index contributed by atoms with van der Waals surface area (Å²) in [6.45, 7) is 14.8. The van der Waals surface area contributed by atoms with E-state index in [-0.39, 0.29) is 18.4 Å². The van der Waals surface area contributed by atoms with Gasteiger partial charge < -0.3 is 14.9 Å². The van der Waals surface area contributed by atoms with E-state index >= 15 is 0 Å². The van der Waals surface area contributed by atoms with E-state index < -0.39 is 0 Å². The van der Waals surface area contributed by atoms with E-state index in [9.17, 15) is 9.90 Å². The van der Waals surface area contributed by atoms with Crippen molar-refractivity contribution in [2.24, 2.45) is 5.92 Å². The number of fused-ring (bicyclic) bond motifs is 1. The topological polar surface area (TPSA) is 56.7 Å². The fourth-order valence-electron chi connectivity index (χ4n) is 3.24. The first-order valence-electron chi connectivity index (χ1n) is 11.2. The third-order valence-electron chi connectivity index (χ3n) is 4.91. The van der Waals surface area contributed by atoms with Gasteiger partial charge in [-0.05, 0) is 35.6 Å². The maximum atomic E-state index is 12.0. The minimum atomic E-state index is 0.0547. The van der Waals surface area contributed by atoms with E-state index in [1.807, 2.05) is 56.9 Å². The Morgan fingerprint density at radius 2 is 1.94 bits per heavy atom. The molecule has 4 rings (SSSR count). The van der Waals surface area contributed by atoms with Gasteiger partial charge in [0.15, 0.2) is 5.13 Å². The molecule has 5 nitrogen and oxygen atoms in total. The zero-order valence-electron chi connectivity index (χ0n) is 19.6. The summed E-state index contributed by atoms with van der Waals surface area (Å²) in [5, 5.41) is 12.3. The van der Waals surface area contributed by atoms with Crippen molar-refractivity contribution in [2.75, 3.05) is 31.1 Å². The van der Waals surface area contributed by atoms with Crippen LogP contribution in [-0.2, 0) is 17.8 Å². The Bertz CT molecular complexity index is 959. The first kappa shape index (κ1) is 26.0. The standard InChI is InChI=1S/C16H21N3O2S.C7H8S.C2H6/c1-11(2)15(21)18-5-7-19(8-6-18)16-17-13-4-3-12(10-20)9-14(13)22-16;1-2-4-7-5-3-6-8-7;1-2/h3-4,9,11,20H,5-8,10H2,1-2H3;2-3,5-6H,1,4H2;1-2H3. The summed E-state index contributed by atoms with van der Waals surface area (Å²) in [5.41, 5.74) is 1.88. The van der Waals surface area contributed by atoms with Gasteiger partial charge in [0.1, 0.15) is 0 Å². The average molecular weight is 474 g/mol. The summed E-state index contributed by atoms with van der Waals surface area (Å²) in [7, 11) is 0. The molecule has 7 heteroatoms. The molecule has 1 aliphatic rings. The monoisotopic (exact) mass is 473 g/mol. The summed E-state index contributed by atoms with van der Waals surface area (Å²) in [6, 6.07) is 10.0. The lowest BCUT2D eigenvalue weighted by molar-refractivity contribution is -0.134. The van der Waals surface area contributed by atoms with E-state index in [0.29, 0.717) is 0 Å². The summed E-state index contributed by atoms with van der Waals surface area (Å²) in [5.74, 6) is 0.294. The quantitative estimate of drug-likeness (QED) is 0.490. The van der Waals surface area contributed by atoms with Crippen LogP contribution in [-0.4, -0.2) is 47.1 Å². The van der Waals surface area contributed by atoms with Crippen LogP contribution in [0.25, 0.3) is 10.2 Å². The molecule has 0 spiro atoms. The van der Waals surface area contributed by atoms with Gasteiger partial charge in [0.25, 0.3) is 0 Å². The summed E-state index contributed by atoms with van der Waals surface area (Å²) in [6.07, 6.45) is 2.93. The van der Waals surface area contributed by atoms with Crippen LogP contribution in [0.4, 0.5) is 5.13 Å². The number of benzene rings is 1. The Balaban J connectivity index is 0.000000304. The molecule has 32 heavy (non-hydrogen) atoms. The lowest BCUT2D eigenvalue weighted by atomic mass is 10.1. The number of aromatic nitrogens is 1. The number of hydrogen-bond acceptors (Lipinski definition) is 6. The first-order valence-corrected chi connectivity index (χ1v) is 12.9. The van der Waals surface area contributed by atoms with Crippen LogP contribution in [0.3, 0.4) is 0 Å². The third kappa shape index (κ3) is 7.15. The van der Waals surface area contributed by atoms with Crippen molar-refractivity contribution in [3.63, 3.8) is 0 Å². The lowest BCUT2D eigenvalue weighted by Gasteiger charge is -2.35. The zero-order valence-corrected chi connectivity index (χ0v) is 21.2. The molecule has 1 aliphatic heterocycles. The third-order valence-corrected chi connectivity index (χ3v) is 6.88. The van der Waals surface area contributed by atoms with E-state index in [4.69, 9.17) is 0 Å². The zero-order chi connectivity index (χ0) is 23.5. The van der Waals surface area contributed by atoms with Crippen molar-refractivity contribution in [3.05, 3.63) is 58.8 Å². The Hall–Kier alpha value is -2.22. The van der Waals surface area contributed by atoms with Crippen molar-refractivity contribution in [3.8, 4) is 0 Å². The smallest absolute Gasteiger partial charge is 0.225 e. The number of hydrogen-bond donors (Lipinski definition) is 1. The van der Waals surface area contributed by atoms with Gasteiger partial charge in [0.05, 0.1) is 16.8 Å². The molecular weight excluding hydrogens is 438 g/mol. The maximum absolute atomic E-state index is 12.0. The number of carbonyl (C=O) groups is 1. The Labute approximate surface area is 200 Å². The van der Waals surface area contributed by atoms with Gasteiger partial charge in [-0.25, -0.2) is 4.98 Å². The second-order valence-electron chi connectivity index (χ2n) is 7.50. The SMILES string of the molecule is C=CCc1cccs1.CC.CC(C)C(=O)N1CCN(c2nc3ccc(CO)cc3s2)CC1. The lowest BCUT2D eigenvalue weighted by Crippen LogP contribution is -2.49. The molecule has 3 heterocycles. The van der Waals surface area contributed by atoms with E-state index in [2.05, 4.69) is 34.0 Å². The van der Waals surface area contributed by atoms with Crippen LogP contribution < -0.4 is 4.90 Å². The predicted octanol–water partition coefficient (Wildman–Crippen LogP) is 5.60. The minimum absolute atomic E-state index is 0.0547. The molecule has 0 aliphatic carbocycles. The summed E-state index contributed by atoms with van der Waals surface area (Å²) < 4.78 is 1.10. The summed E-state index contributed by atoms with van der Waals surface area (Å²) in [4.78, 5) is 22.3. The minimum Gasteiger partial charge on any atom is -0.392 e. The van der Waals surface area contributed by atoms with E-state index in [1.165, 1.54) is 4.88 Å². The fraction of sp³-hybridized carbons (Fsp3) is 0.440. The number of carbonyl (C=O) groups excluding carboxylic acids is 1. The Morgan fingerprint density at radius 3 is 2.50 bits per heavy atom. The number of aliphatic hydroxyl groups is 1. The number of nitrogens with zero attached hydrogens (tertiary/aromatic N) is 3. The number of amides is 1. The van der Waals surface area contributed by atoms with Crippen LogP contribution in [0, 0.1) is 5.92 Å². The number of thiophene rings is 1. The van der Waals surface area contributed by atoms with Gasteiger partial charge in [-0.15, -0.1) is 17.9 Å². The van der Waals surface area contributed by atoms with E-state index in [1.54, 1.807) is 22.7 Å². The molecule has 1 N–H and O–H groups in total. The number of aliphatic hydroxyl groups excluding tert-OH is 1. The number of anilines is 1. The molecule has 0 saturated carbocycles. The highest BCUT2D eigenvalue weighted by atomic mass is 32.1. The van der Waals surface area contributed by atoms with Crippen LogP contribution in [0.1, 0.15) is 38.1 Å². The van der Waals surface area contributed by atoms with Crippen molar-refractivity contribution in [1.82, 2.24) is 9.88 Å². The largest absolute Gasteiger partial charge is 0.392 e. The molecule has 0 unspecified atom stereocenters. The van der Waals surface area contributed by atoms with Gasteiger partial charge in [-0.3, -0.25) is 4.79 Å². The molecule has 2 aromatic heterocycles. The summed E-state index contributed by atoms with van der Waals surface area (Å²) >= 11 is 3.43. The first-order chi connectivity index (χ1) is 15.5. The van der Waals surface area contributed by atoms with Gasteiger partial charge in [-0.1, -0.05) is 57.2 Å². The molecular formula is C25H35N3O2S2. The average Bonchev–Trinajstić information content (AvgIpc) is 3.50. The number of rotatable bonds is 5. The highest BCUT2D eigenvalue weighted by Gasteiger charge is 2.24. The highest BCUT2D eigenvalue weighted by Crippen LogP contribution is 2.30. The Morgan fingerprint density at radius 1 is 1.22 bits per heavy atom. The molecule has 1 amide bonds. The van der Waals surface area contributed by atoms with Crippen molar-refractivity contribution >= 4 is 43.9 Å². The van der Waals surface area contributed by atoms with E-state index in [0.717, 1.165) is 53.5 Å². The van der Waals surface area contributed by atoms with Crippen molar-refractivity contribution in [2.45, 2.75) is 40.7 Å². The van der Waals surface area contributed by atoms with Crippen LogP contribution in [0.5, 0.6) is 0 Å². The van der Waals surface area contributed by atoms with Crippen molar-refractivity contribution < 1.29 is 9.90 Å². The van der Waals surface area contributed by atoms with Gasteiger partial charge in [0.2, 0.25) is 5.91 Å². The van der Waals surface area contributed by atoms with Crippen LogP contribution in [0.15, 0.2) is 48.4 Å². The molecule has 0 radical (unpaired) electrons. The fourth-order valence-corrected chi connectivity index (χ4v) is 5.03. The van der Waals surface area contributed by atoms with Gasteiger partial charge in [0, 0.05) is 37.0 Å². The molecule has 0 atom stereocenters. The Kier molecular flexibility index (Phi) is 10.9. The van der Waals surface area contributed by atoms with Gasteiger partial charge >= 0.3 is 0 Å². The predicted molar refractivity (Wildman–Crippen MR) is 139 cm³/mol. The number of piperazine rings is 1. The molecule has 174 valence electrons. The molecule has 0 bridgehead atoms. The molecule has 1 saturated heterocycles. The molecule has 1 aromatic carbocycles. The molecule has 1 fully saturated rings. The number of allylic oxidation sites excluding steroid dienone is 1. The normalized spacial score (nSPS) is 13.3. The van der Waals surface area contributed by atoms with Crippen molar-refractivity contribution in [1.29, 1.82) is 0 Å². The second kappa shape index (κ2) is 13.4. The number of thiazole rings is 1. The second-order valence-corrected chi connectivity index (χ2v) is 9.54. The highest BCUT2D eigenvalue weighted by molar-refractivity contribution is 7.22. The molecule has 3 aromatic rings. The maximum Gasteiger partial charge on any atom is 0.225 e. The van der Waals surface area contributed by atoms with Crippen LogP contribution >= 0.6 is 22.7 Å².